The second-order valence-electron chi connectivity index (χ2n) is 7.18. The minimum Gasteiger partial charge on any atom is -0.462 e. The van der Waals surface area contributed by atoms with E-state index < -0.39 is 5.97 Å². The average molecular weight is 402 g/mol. The van der Waals surface area contributed by atoms with Crippen LogP contribution < -0.4 is 10.3 Å². The van der Waals surface area contributed by atoms with Crippen molar-refractivity contribution in [1.82, 2.24) is 9.55 Å². The quantitative estimate of drug-likeness (QED) is 0.688. The predicted molar refractivity (Wildman–Crippen MR) is 114 cm³/mol. The fourth-order valence-corrected chi connectivity index (χ4v) is 3.88. The number of aromatic nitrogens is 2. The number of anilines is 1. The van der Waals surface area contributed by atoms with E-state index >= 15 is 0 Å². The van der Waals surface area contributed by atoms with E-state index in [9.17, 15) is 9.59 Å². The fourth-order valence-electron chi connectivity index (χ4n) is 3.88. The van der Waals surface area contributed by atoms with Gasteiger partial charge in [-0.25, -0.2) is 9.78 Å². The maximum atomic E-state index is 13.0. The van der Waals surface area contributed by atoms with Gasteiger partial charge in [0.1, 0.15) is 11.1 Å². The summed E-state index contributed by atoms with van der Waals surface area (Å²) in [5, 5.41) is 0. The summed E-state index contributed by atoms with van der Waals surface area (Å²) in [5.74, 6) is -0.586. The maximum absolute atomic E-state index is 13.0. The SMILES string of the molecule is CC.CCOC(=O)c1cn(C2CC2)c2c(COC)c(N3CCCC3)cnc2c1=O. The van der Waals surface area contributed by atoms with E-state index in [1.54, 1.807) is 26.4 Å². The molecule has 1 aliphatic heterocycles. The Bertz CT molecular complexity index is 928. The summed E-state index contributed by atoms with van der Waals surface area (Å²) in [6, 6.07) is 0.285. The van der Waals surface area contributed by atoms with Gasteiger partial charge in [-0.2, -0.15) is 0 Å². The fraction of sp³-hybridized carbons (Fsp3) is 0.591. The minimum atomic E-state index is -0.586. The molecule has 2 fully saturated rings. The number of methoxy groups -OCH3 is 1. The van der Waals surface area contributed by atoms with Gasteiger partial charge in [0.05, 0.1) is 30.6 Å². The molecule has 29 heavy (non-hydrogen) atoms. The molecule has 1 saturated heterocycles. The molecule has 0 aromatic carbocycles. The molecule has 7 heteroatoms. The van der Waals surface area contributed by atoms with Gasteiger partial charge >= 0.3 is 5.97 Å². The van der Waals surface area contributed by atoms with Crippen LogP contribution in [0.15, 0.2) is 17.2 Å². The number of esters is 1. The summed E-state index contributed by atoms with van der Waals surface area (Å²) in [5.41, 5.74) is 2.80. The Balaban J connectivity index is 0.00000117. The number of fused-ring (bicyclic) bond motifs is 1. The zero-order valence-corrected chi connectivity index (χ0v) is 17.9. The van der Waals surface area contributed by atoms with E-state index in [4.69, 9.17) is 9.47 Å². The van der Waals surface area contributed by atoms with Crippen molar-refractivity contribution in [1.29, 1.82) is 0 Å². The van der Waals surface area contributed by atoms with Crippen LogP contribution in [-0.2, 0) is 16.1 Å². The smallest absolute Gasteiger partial charge is 0.343 e. The standard InChI is InChI=1S/C20H25N3O4.C2H6/c1-3-27-20(25)14-11-23(13-6-7-13)18-15(12-26-2)16(22-8-4-5-9-22)10-21-17(18)19(14)24;1-2/h10-11,13H,3-9,12H2,1-2H3;1-2H3. The zero-order chi connectivity index (χ0) is 21.0. The molecule has 4 rings (SSSR count). The van der Waals surface area contributed by atoms with E-state index in [0.717, 1.165) is 55.5 Å². The highest BCUT2D eigenvalue weighted by Crippen LogP contribution is 2.39. The molecule has 1 saturated carbocycles. The Morgan fingerprint density at radius 1 is 1.24 bits per heavy atom. The normalized spacial score (nSPS) is 15.9. The molecule has 3 heterocycles. The van der Waals surface area contributed by atoms with Crippen LogP contribution in [-0.4, -0.2) is 42.3 Å². The van der Waals surface area contributed by atoms with E-state index in [2.05, 4.69) is 9.88 Å². The van der Waals surface area contributed by atoms with Gasteiger partial charge in [-0.15, -0.1) is 0 Å². The molecule has 2 aromatic heterocycles. The minimum absolute atomic E-state index is 0.0565. The van der Waals surface area contributed by atoms with Gasteiger partial charge in [-0.3, -0.25) is 4.79 Å². The zero-order valence-electron chi connectivity index (χ0n) is 17.9. The van der Waals surface area contributed by atoms with Crippen molar-refractivity contribution >= 4 is 22.7 Å². The van der Waals surface area contributed by atoms with Crippen LogP contribution in [0.25, 0.3) is 11.0 Å². The third-order valence-corrected chi connectivity index (χ3v) is 5.29. The van der Waals surface area contributed by atoms with Crippen LogP contribution in [0.5, 0.6) is 0 Å². The third-order valence-electron chi connectivity index (χ3n) is 5.29. The molecule has 158 valence electrons. The van der Waals surface area contributed by atoms with E-state index in [0.29, 0.717) is 12.1 Å². The van der Waals surface area contributed by atoms with Crippen molar-refractivity contribution in [3.05, 3.63) is 33.7 Å². The Morgan fingerprint density at radius 2 is 1.93 bits per heavy atom. The monoisotopic (exact) mass is 401 g/mol. The summed E-state index contributed by atoms with van der Waals surface area (Å²) < 4.78 is 12.6. The largest absolute Gasteiger partial charge is 0.462 e. The molecule has 0 radical (unpaired) electrons. The van der Waals surface area contributed by atoms with E-state index in [-0.39, 0.29) is 23.6 Å². The van der Waals surface area contributed by atoms with Crippen LogP contribution in [0.3, 0.4) is 0 Å². The molecular formula is C22H31N3O4. The second kappa shape index (κ2) is 9.39. The lowest BCUT2D eigenvalue weighted by atomic mass is 10.1. The highest BCUT2D eigenvalue weighted by Gasteiger charge is 2.30. The van der Waals surface area contributed by atoms with Gasteiger partial charge in [0.25, 0.3) is 0 Å². The maximum Gasteiger partial charge on any atom is 0.343 e. The van der Waals surface area contributed by atoms with Gasteiger partial charge in [-0.05, 0) is 32.6 Å². The molecule has 0 bridgehead atoms. The van der Waals surface area contributed by atoms with Crippen molar-refractivity contribution in [3.63, 3.8) is 0 Å². The van der Waals surface area contributed by atoms with E-state index in [1.165, 1.54) is 0 Å². The molecule has 0 N–H and O–H groups in total. The van der Waals surface area contributed by atoms with Crippen LogP contribution >= 0.6 is 0 Å². The first-order chi connectivity index (χ1) is 14.2. The van der Waals surface area contributed by atoms with Crippen molar-refractivity contribution < 1.29 is 14.3 Å². The lowest BCUT2D eigenvalue weighted by Gasteiger charge is -2.24. The first-order valence-electron chi connectivity index (χ1n) is 10.6. The van der Waals surface area contributed by atoms with Crippen molar-refractivity contribution in [2.45, 2.75) is 59.1 Å². The number of rotatable bonds is 6. The Hall–Kier alpha value is -2.41. The highest BCUT2D eigenvalue weighted by molar-refractivity contribution is 5.94. The van der Waals surface area contributed by atoms with Crippen molar-refractivity contribution in [2.24, 2.45) is 0 Å². The lowest BCUT2D eigenvalue weighted by molar-refractivity contribution is 0.0524. The molecule has 0 unspecified atom stereocenters. The first-order valence-corrected chi connectivity index (χ1v) is 10.6. The van der Waals surface area contributed by atoms with Gasteiger partial charge in [-0.1, -0.05) is 13.8 Å². The molecule has 0 atom stereocenters. The number of carbonyl (C=O) groups excluding carboxylic acids is 1. The lowest BCUT2D eigenvalue weighted by Crippen LogP contribution is -2.25. The number of carbonyl (C=O) groups is 1. The van der Waals surface area contributed by atoms with Gasteiger partial charge < -0.3 is 18.9 Å². The highest BCUT2D eigenvalue weighted by atomic mass is 16.5. The molecule has 0 amide bonds. The Morgan fingerprint density at radius 3 is 2.52 bits per heavy atom. The number of pyridine rings is 2. The number of ether oxygens (including phenoxy) is 2. The Kier molecular flexibility index (Phi) is 6.90. The predicted octanol–water partition coefficient (Wildman–Crippen LogP) is 3.68. The topological polar surface area (TPSA) is 73.7 Å². The molecular weight excluding hydrogens is 370 g/mol. The van der Waals surface area contributed by atoms with Crippen LogP contribution in [0, 0.1) is 0 Å². The van der Waals surface area contributed by atoms with Crippen LogP contribution in [0.1, 0.15) is 68.4 Å². The van der Waals surface area contributed by atoms with Gasteiger partial charge in [0, 0.05) is 38.0 Å². The summed E-state index contributed by atoms with van der Waals surface area (Å²) >= 11 is 0. The van der Waals surface area contributed by atoms with Crippen LogP contribution in [0.2, 0.25) is 0 Å². The third kappa shape index (κ3) is 4.15. The summed E-state index contributed by atoms with van der Waals surface area (Å²) in [7, 11) is 1.66. The Labute approximate surface area is 171 Å². The number of hydrogen-bond acceptors (Lipinski definition) is 6. The number of nitrogens with zero attached hydrogens (tertiary/aromatic N) is 3. The van der Waals surface area contributed by atoms with Crippen molar-refractivity contribution in [3.8, 4) is 0 Å². The van der Waals surface area contributed by atoms with Gasteiger partial charge in [0.2, 0.25) is 5.43 Å². The summed E-state index contributed by atoms with van der Waals surface area (Å²) in [6.45, 7) is 8.33. The second-order valence-corrected chi connectivity index (χ2v) is 7.18. The summed E-state index contributed by atoms with van der Waals surface area (Å²) in [4.78, 5) is 32.1. The molecule has 2 aliphatic rings. The molecule has 1 aliphatic carbocycles. The van der Waals surface area contributed by atoms with Gasteiger partial charge in [0.15, 0.2) is 0 Å². The molecule has 7 nitrogen and oxygen atoms in total. The molecule has 0 spiro atoms. The number of hydrogen-bond donors (Lipinski definition) is 0. The average Bonchev–Trinajstić information content (AvgIpc) is 3.44. The van der Waals surface area contributed by atoms with Crippen molar-refractivity contribution in [2.75, 3.05) is 31.7 Å². The van der Waals surface area contributed by atoms with E-state index in [1.807, 2.05) is 18.4 Å². The first kappa shape index (κ1) is 21.3. The molecule has 2 aromatic rings. The van der Waals surface area contributed by atoms with Crippen LogP contribution in [0.4, 0.5) is 5.69 Å². The summed E-state index contributed by atoms with van der Waals surface area (Å²) in [6.07, 6.45) is 7.79.